The lowest BCUT2D eigenvalue weighted by Crippen LogP contribution is -2.16. The Labute approximate surface area is 132 Å². The van der Waals surface area contributed by atoms with E-state index in [-0.39, 0.29) is 11.3 Å². The van der Waals surface area contributed by atoms with Crippen LogP contribution in [0.1, 0.15) is 5.56 Å². The Morgan fingerprint density at radius 3 is 2.45 bits per heavy atom. The summed E-state index contributed by atoms with van der Waals surface area (Å²) in [5.74, 6) is -0.452. The maximum Gasteiger partial charge on any atom is 0.273 e. The second kappa shape index (κ2) is 6.80. The predicted octanol–water partition coefficient (Wildman–Crippen LogP) is 3.26. The molecule has 0 radical (unpaired) electrons. The van der Waals surface area contributed by atoms with Gasteiger partial charge in [0.2, 0.25) is 10.0 Å². The van der Waals surface area contributed by atoms with Gasteiger partial charge in [-0.1, -0.05) is 30.3 Å². The number of nitro groups is 1. The maximum absolute atomic E-state index is 12.3. The van der Waals surface area contributed by atoms with Gasteiger partial charge in [0.25, 0.3) is 5.69 Å². The minimum Gasteiger partial charge on any atom is -0.282 e. The highest BCUT2D eigenvalue weighted by Gasteiger charge is 2.20. The van der Waals surface area contributed by atoms with Gasteiger partial charge in [0.15, 0.2) is 0 Å². The molecule has 0 aliphatic rings. The number of anilines is 1. The highest BCUT2D eigenvalue weighted by Crippen LogP contribution is 2.27. The fourth-order valence-corrected chi connectivity index (χ4v) is 3.81. The zero-order chi connectivity index (χ0) is 16.2. The first-order valence-corrected chi connectivity index (χ1v) is 9.16. The smallest absolute Gasteiger partial charge is 0.273 e. The average Bonchev–Trinajstić information content (AvgIpc) is 2.47. The first-order chi connectivity index (χ1) is 10.4. The van der Waals surface area contributed by atoms with Crippen LogP contribution in [-0.2, 0) is 15.8 Å². The molecular formula is C14H14N2O4S2. The summed E-state index contributed by atoms with van der Waals surface area (Å²) in [6.45, 7) is 0. The average molecular weight is 338 g/mol. The van der Waals surface area contributed by atoms with E-state index in [9.17, 15) is 18.5 Å². The Bertz CT molecular complexity index is 791. The molecular weight excluding hydrogens is 324 g/mol. The fourth-order valence-electron chi connectivity index (χ4n) is 1.95. The van der Waals surface area contributed by atoms with Crippen LogP contribution >= 0.6 is 11.8 Å². The largest absolute Gasteiger partial charge is 0.282 e. The van der Waals surface area contributed by atoms with Gasteiger partial charge in [-0.05, 0) is 18.4 Å². The van der Waals surface area contributed by atoms with E-state index >= 15 is 0 Å². The second-order valence-corrected chi connectivity index (χ2v) is 7.02. The van der Waals surface area contributed by atoms with Crippen LogP contribution in [0.2, 0.25) is 0 Å². The molecule has 0 aromatic heterocycles. The van der Waals surface area contributed by atoms with Crippen molar-refractivity contribution < 1.29 is 13.3 Å². The van der Waals surface area contributed by atoms with Crippen molar-refractivity contribution in [3.63, 3.8) is 0 Å². The van der Waals surface area contributed by atoms with Crippen molar-refractivity contribution in [2.45, 2.75) is 10.6 Å². The number of hydrogen-bond donors (Lipinski definition) is 1. The summed E-state index contributed by atoms with van der Waals surface area (Å²) in [4.78, 5) is 11.2. The number of rotatable bonds is 6. The van der Waals surface area contributed by atoms with Crippen molar-refractivity contribution in [1.82, 2.24) is 0 Å². The van der Waals surface area contributed by atoms with Crippen LogP contribution in [-0.4, -0.2) is 19.6 Å². The lowest BCUT2D eigenvalue weighted by Gasteiger charge is -2.11. The van der Waals surface area contributed by atoms with E-state index < -0.39 is 20.7 Å². The number of nitro benzene ring substituents is 1. The van der Waals surface area contributed by atoms with Crippen LogP contribution in [0.25, 0.3) is 0 Å². The van der Waals surface area contributed by atoms with Gasteiger partial charge >= 0.3 is 0 Å². The van der Waals surface area contributed by atoms with Crippen molar-refractivity contribution in [2.75, 3.05) is 11.0 Å². The van der Waals surface area contributed by atoms with Crippen LogP contribution < -0.4 is 4.72 Å². The van der Waals surface area contributed by atoms with Gasteiger partial charge in [-0.3, -0.25) is 14.8 Å². The van der Waals surface area contributed by atoms with Gasteiger partial charge in [0, 0.05) is 16.5 Å². The lowest BCUT2D eigenvalue weighted by atomic mass is 10.2. The standard InChI is InChI=1S/C14H14N2O4S2/c1-21-14-9-5-3-7-12(14)15-22(19,20)10-11-6-2-4-8-13(11)16(17)18/h2-9,15H,10H2,1H3. The maximum atomic E-state index is 12.3. The first kappa shape index (κ1) is 16.3. The highest BCUT2D eigenvalue weighted by molar-refractivity contribution is 7.99. The van der Waals surface area contributed by atoms with Crippen LogP contribution in [0, 0.1) is 10.1 Å². The van der Waals surface area contributed by atoms with E-state index in [1.165, 1.54) is 30.0 Å². The molecule has 0 bridgehead atoms. The molecule has 2 rings (SSSR count). The van der Waals surface area contributed by atoms with E-state index in [0.717, 1.165) is 4.90 Å². The molecule has 116 valence electrons. The lowest BCUT2D eigenvalue weighted by molar-refractivity contribution is -0.385. The Kier molecular flexibility index (Phi) is 5.04. The molecule has 2 aromatic carbocycles. The quantitative estimate of drug-likeness (QED) is 0.496. The number of para-hydroxylation sites is 2. The number of thioether (sulfide) groups is 1. The topological polar surface area (TPSA) is 89.3 Å². The molecule has 0 heterocycles. The Balaban J connectivity index is 2.27. The van der Waals surface area contributed by atoms with Gasteiger partial charge in [-0.15, -0.1) is 11.8 Å². The second-order valence-electron chi connectivity index (χ2n) is 4.45. The summed E-state index contributed by atoms with van der Waals surface area (Å²) in [5, 5.41) is 11.0. The molecule has 0 spiro atoms. The molecule has 22 heavy (non-hydrogen) atoms. The molecule has 0 fully saturated rings. The summed E-state index contributed by atoms with van der Waals surface area (Å²) in [7, 11) is -3.74. The Morgan fingerprint density at radius 1 is 1.14 bits per heavy atom. The van der Waals surface area contributed by atoms with Crippen LogP contribution in [0.5, 0.6) is 0 Å². The van der Waals surface area contributed by atoms with E-state index in [4.69, 9.17) is 0 Å². The van der Waals surface area contributed by atoms with E-state index in [1.807, 2.05) is 12.3 Å². The SMILES string of the molecule is CSc1ccccc1NS(=O)(=O)Cc1ccccc1[N+](=O)[O-]. The number of benzene rings is 2. The number of nitrogens with one attached hydrogen (secondary N) is 1. The number of nitrogens with zero attached hydrogens (tertiary/aromatic N) is 1. The minimum atomic E-state index is -3.74. The van der Waals surface area contributed by atoms with Gasteiger partial charge < -0.3 is 0 Å². The third kappa shape index (κ3) is 3.99. The van der Waals surface area contributed by atoms with Gasteiger partial charge in [-0.2, -0.15) is 0 Å². The minimum absolute atomic E-state index is 0.154. The van der Waals surface area contributed by atoms with Gasteiger partial charge in [-0.25, -0.2) is 8.42 Å². The third-order valence-corrected chi connectivity index (χ3v) is 4.92. The van der Waals surface area contributed by atoms with E-state index in [2.05, 4.69) is 4.72 Å². The normalized spacial score (nSPS) is 11.1. The molecule has 0 saturated heterocycles. The van der Waals surface area contributed by atoms with Gasteiger partial charge in [0.1, 0.15) is 5.75 Å². The number of hydrogen-bond acceptors (Lipinski definition) is 5. The van der Waals surface area contributed by atoms with Crippen molar-refractivity contribution in [1.29, 1.82) is 0 Å². The van der Waals surface area contributed by atoms with Crippen LogP contribution in [0.15, 0.2) is 53.4 Å². The fraction of sp³-hybridized carbons (Fsp3) is 0.143. The van der Waals surface area contributed by atoms with E-state index in [0.29, 0.717) is 5.69 Å². The van der Waals surface area contributed by atoms with Crippen molar-refractivity contribution in [3.8, 4) is 0 Å². The molecule has 0 amide bonds. The first-order valence-electron chi connectivity index (χ1n) is 6.29. The molecule has 2 aromatic rings. The molecule has 0 atom stereocenters. The van der Waals surface area contributed by atoms with Crippen LogP contribution in [0.3, 0.4) is 0 Å². The molecule has 1 N–H and O–H groups in total. The predicted molar refractivity (Wildman–Crippen MR) is 87.6 cm³/mol. The monoisotopic (exact) mass is 338 g/mol. The summed E-state index contributed by atoms with van der Waals surface area (Å²) >= 11 is 1.42. The van der Waals surface area contributed by atoms with Gasteiger partial charge in [0.05, 0.1) is 10.6 Å². The molecule has 6 nitrogen and oxygen atoms in total. The molecule has 0 aliphatic carbocycles. The van der Waals surface area contributed by atoms with Crippen molar-refractivity contribution >= 4 is 33.2 Å². The Morgan fingerprint density at radius 2 is 1.77 bits per heavy atom. The molecule has 0 unspecified atom stereocenters. The summed E-state index contributed by atoms with van der Waals surface area (Å²) in [5.41, 5.74) is 0.418. The zero-order valence-electron chi connectivity index (χ0n) is 11.7. The summed E-state index contributed by atoms with van der Waals surface area (Å²) in [6.07, 6.45) is 1.84. The van der Waals surface area contributed by atoms with Crippen molar-refractivity contribution in [2.24, 2.45) is 0 Å². The molecule has 0 saturated carbocycles. The molecule has 8 heteroatoms. The third-order valence-electron chi connectivity index (χ3n) is 2.91. The summed E-state index contributed by atoms with van der Waals surface area (Å²) < 4.78 is 27.0. The van der Waals surface area contributed by atoms with Crippen molar-refractivity contribution in [3.05, 3.63) is 64.2 Å². The molecule has 0 aliphatic heterocycles. The summed E-state index contributed by atoms with van der Waals surface area (Å²) in [6, 6.07) is 12.8. The Hall–Kier alpha value is -2.06. The number of sulfonamides is 1. The van der Waals surface area contributed by atoms with E-state index in [1.54, 1.807) is 24.3 Å². The van der Waals surface area contributed by atoms with Crippen LogP contribution in [0.4, 0.5) is 11.4 Å². The highest BCUT2D eigenvalue weighted by atomic mass is 32.2. The zero-order valence-corrected chi connectivity index (χ0v) is 13.4.